The largest absolute Gasteiger partial charge is 0.380 e. The fraction of sp³-hybridized carbons (Fsp3) is 0.238. The first-order valence-corrected chi connectivity index (χ1v) is 8.32. The molecule has 0 aliphatic rings. The quantitative estimate of drug-likeness (QED) is 0.669. The molecule has 0 radical (unpaired) electrons. The zero-order valence-corrected chi connectivity index (χ0v) is 14.7. The van der Waals surface area contributed by atoms with Gasteiger partial charge in [0.05, 0.1) is 6.54 Å². The first-order chi connectivity index (χ1) is 12.4. The summed E-state index contributed by atoms with van der Waals surface area (Å²) in [4.78, 5) is 24.1. The Morgan fingerprint density at radius 3 is 2.58 bits per heavy atom. The Morgan fingerprint density at radius 1 is 1.15 bits per heavy atom. The Bertz CT molecular complexity index is 808. The zero-order chi connectivity index (χ0) is 19.0. The minimum absolute atomic E-state index is 0.236. The number of aryl methyl sites for hydroxylation is 1. The van der Waals surface area contributed by atoms with Gasteiger partial charge in [-0.2, -0.15) is 0 Å². The van der Waals surface area contributed by atoms with Crippen LogP contribution in [0.5, 0.6) is 0 Å². The number of rotatable bonds is 7. The lowest BCUT2D eigenvalue weighted by molar-refractivity contribution is -0.139. The van der Waals surface area contributed by atoms with E-state index in [-0.39, 0.29) is 13.0 Å². The number of carbonyl (C=O) groups excluding carboxylic acids is 2. The average molecular weight is 350 g/mol. The lowest BCUT2D eigenvalue weighted by atomic mass is 9.96. The van der Waals surface area contributed by atoms with E-state index in [0.29, 0.717) is 17.7 Å². The van der Waals surface area contributed by atoms with E-state index in [1.165, 1.54) is 6.92 Å². The molecule has 0 saturated heterocycles. The number of carbonyl (C=O) groups is 2. The van der Waals surface area contributed by atoms with Gasteiger partial charge in [-0.1, -0.05) is 42.3 Å². The van der Waals surface area contributed by atoms with Crippen molar-refractivity contribution in [2.45, 2.75) is 25.4 Å². The number of anilines is 1. The topological polar surface area (TPSA) is 78.4 Å². The molecule has 2 aromatic carbocycles. The van der Waals surface area contributed by atoms with Crippen molar-refractivity contribution in [3.05, 3.63) is 65.7 Å². The van der Waals surface area contributed by atoms with Crippen molar-refractivity contribution in [1.82, 2.24) is 5.32 Å². The predicted molar refractivity (Wildman–Crippen MR) is 101 cm³/mol. The third-order valence-corrected chi connectivity index (χ3v) is 3.95. The molecule has 2 amide bonds. The predicted octanol–water partition coefficient (Wildman–Crippen LogP) is 2.11. The molecule has 5 nitrogen and oxygen atoms in total. The number of terminal acetylenes is 1. The number of hydrogen-bond acceptors (Lipinski definition) is 3. The summed E-state index contributed by atoms with van der Waals surface area (Å²) in [5.41, 5.74) is 0.678. The molecule has 26 heavy (non-hydrogen) atoms. The molecule has 0 heterocycles. The van der Waals surface area contributed by atoms with Crippen molar-refractivity contribution in [3.8, 4) is 12.3 Å². The van der Waals surface area contributed by atoms with E-state index in [2.05, 4.69) is 16.6 Å². The molecule has 0 bridgehead atoms. The number of aliphatic hydroxyl groups is 1. The van der Waals surface area contributed by atoms with Crippen LogP contribution in [-0.4, -0.2) is 29.1 Å². The summed E-state index contributed by atoms with van der Waals surface area (Å²) in [5, 5.41) is 15.5. The maximum absolute atomic E-state index is 12.2. The molecule has 2 aromatic rings. The van der Waals surface area contributed by atoms with Gasteiger partial charge in [-0.15, -0.1) is 6.42 Å². The maximum atomic E-state index is 12.2. The van der Waals surface area contributed by atoms with Crippen LogP contribution in [0.2, 0.25) is 0 Å². The van der Waals surface area contributed by atoms with Gasteiger partial charge >= 0.3 is 0 Å². The lowest BCUT2D eigenvalue weighted by Crippen LogP contribution is -2.47. The van der Waals surface area contributed by atoms with E-state index in [1.807, 2.05) is 30.3 Å². The molecule has 0 aromatic heterocycles. The first-order valence-electron chi connectivity index (χ1n) is 8.32. The Morgan fingerprint density at radius 2 is 1.88 bits per heavy atom. The highest BCUT2D eigenvalue weighted by atomic mass is 16.3. The summed E-state index contributed by atoms with van der Waals surface area (Å²) in [7, 11) is 0. The average Bonchev–Trinajstić information content (AvgIpc) is 2.65. The number of nitrogens with one attached hydrogen (secondary N) is 2. The molecule has 1 atom stereocenters. The first kappa shape index (κ1) is 19.2. The Hall–Kier alpha value is -3.10. The fourth-order valence-electron chi connectivity index (χ4n) is 2.39. The van der Waals surface area contributed by atoms with Crippen molar-refractivity contribution in [2.75, 3.05) is 11.9 Å². The number of hydrogen-bond donors (Lipinski definition) is 3. The summed E-state index contributed by atoms with van der Waals surface area (Å²) >= 11 is 0. The summed E-state index contributed by atoms with van der Waals surface area (Å²) in [6.07, 6.45) is 6.14. The maximum Gasteiger partial charge on any atom is 0.252 e. The normalized spacial score (nSPS) is 12.5. The molecule has 2 rings (SSSR count). The smallest absolute Gasteiger partial charge is 0.252 e. The van der Waals surface area contributed by atoms with Crippen molar-refractivity contribution in [3.63, 3.8) is 0 Å². The third-order valence-electron chi connectivity index (χ3n) is 3.95. The summed E-state index contributed by atoms with van der Waals surface area (Å²) in [6.45, 7) is 1.21. The van der Waals surface area contributed by atoms with E-state index >= 15 is 0 Å². The molecule has 0 fully saturated rings. The van der Waals surface area contributed by atoms with Crippen LogP contribution in [0.15, 0.2) is 54.6 Å². The van der Waals surface area contributed by atoms with E-state index in [9.17, 15) is 14.7 Å². The second-order valence-electron chi connectivity index (χ2n) is 6.22. The second kappa shape index (κ2) is 8.84. The Balaban J connectivity index is 1.82. The Labute approximate surface area is 153 Å². The highest BCUT2D eigenvalue weighted by molar-refractivity contribution is 5.95. The molecule has 5 heteroatoms. The highest BCUT2D eigenvalue weighted by Crippen LogP contribution is 2.14. The van der Waals surface area contributed by atoms with E-state index in [0.717, 1.165) is 5.56 Å². The zero-order valence-electron chi connectivity index (χ0n) is 14.7. The molecule has 0 aliphatic heterocycles. The van der Waals surface area contributed by atoms with Crippen molar-refractivity contribution in [1.29, 1.82) is 0 Å². The summed E-state index contributed by atoms with van der Waals surface area (Å²) in [6, 6.07) is 16.4. The SMILES string of the molecule is C#Cc1cccc(NC(=O)CNC(=O)[C@@](C)(O)CCc2ccccc2)c1. The Kier molecular flexibility index (Phi) is 6.54. The van der Waals surface area contributed by atoms with Gasteiger partial charge in [0, 0.05) is 11.3 Å². The van der Waals surface area contributed by atoms with Crippen LogP contribution < -0.4 is 10.6 Å². The van der Waals surface area contributed by atoms with E-state index < -0.39 is 17.4 Å². The van der Waals surface area contributed by atoms with E-state index in [1.54, 1.807) is 24.3 Å². The molecule has 0 spiro atoms. The van der Waals surface area contributed by atoms with Gasteiger partial charge in [0.25, 0.3) is 5.91 Å². The summed E-state index contributed by atoms with van der Waals surface area (Å²) in [5.74, 6) is 1.50. The molecule has 3 N–H and O–H groups in total. The van der Waals surface area contributed by atoms with Gasteiger partial charge in [-0.25, -0.2) is 0 Å². The minimum Gasteiger partial charge on any atom is -0.380 e. The van der Waals surface area contributed by atoms with Gasteiger partial charge in [0.2, 0.25) is 5.91 Å². The van der Waals surface area contributed by atoms with Gasteiger partial charge in [0.1, 0.15) is 5.60 Å². The van der Waals surface area contributed by atoms with Gasteiger partial charge in [-0.3, -0.25) is 9.59 Å². The molecular formula is C21H22N2O3. The monoisotopic (exact) mass is 350 g/mol. The van der Waals surface area contributed by atoms with Crippen molar-refractivity contribution >= 4 is 17.5 Å². The van der Waals surface area contributed by atoms with Crippen LogP contribution in [0.25, 0.3) is 0 Å². The molecule has 0 unspecified atom stereocenters. The molecule has 0 aliphatic carbocycles. The van der Waals surface area contributed by atoms with Crippen molar-refractivity contribution in [2.24, 2.45) is 0 Å². The van der Waals surface area contributed by atoms with Crippen LogP contribution in [0, 0.1) is 12.3 Å². The highest BCUT2D eigenvalue weighted by Gasteiger charge is 2.29. The van der Waals surface area contributed by atoms with Crippen LogP contribution >= 0.6 is 0 Å². The van der Waals surface area contributed by atoms with Crippen LogP contribution in [0.1, 0.15) is 24.5 Å². The fourth-order valence-corrected chi connectivity index (χ4v) is 2.39. The number of amides is 2. The van der Waals surface area contributed by atoms with Gasteiger partial charge in [-0.05, 0) is 43.5 Å². The molecular weight excluding hydrogens is 328 g/mol. The summed E-state index contributed by atoms with van der Waals surface area (Å²) < 4.78 is 0. The van der Waals surface area contributed by atoms with Crippen LogP contribution in [-0.2, 0) is 16.0 Å². The number of benzene rings is 2. The van der Waals surface area contributed by atoms with Gasteiger partial charge in [0.15, 0.2) is 0 Å². The van der Waals surface area contributed by atoms with Gasteiger partial charge < -0.3 is 15.7 Å². The van der Waals surface area contributed by atoms with Crippen molar-refractivity contribution < 1.29 is 14.7 Å². The molecule has 0 saturated carbocycles. The van der Waals surface area contributed by atoms with Crippen LogP contribution in [0.3, 0.4) is 0 Å². The minimum atomic E-state index is -1.56. The second-order valence-corrected chi connectivity index (χ2v) is 6.22. The lowest BCUT2D eigenvalue weighted by Gasteiger charge is -2.22. The molecule has 134 valence electrons. The third kappa shape index (κ3) is 5.76. The van der Waals surface area contributed by atoms with E-state index in [4.69, 9.17) is 6.42 Å². The van der Waals surface area contributed by atoms with Crippen LogP contribution in [0.4, 0.5) is 5.69 Å². The standard InChI is InChI=1S/C21H22N2O3/c1-3-16-10-7-11-18(14-16)23-19(24)15-22-20(25)21(2,26)13-12-17-8-5-4-6-9-17/h1,4-11,14,26H,12-13,15H2,2H3,(H,22,25)(H,23,24)/t21-/m0/s1.